The van der Waals surface area contributed by atoms with Gasteiger partial charge in [0.2, 0.25) is 10.0 Å². The summed E-state index contributed by atoms with van der Waals surface area (Å²) in [4.78, 5) is 8.47. The lowest BCUT2D eigenvalue weighted by Gasteiger charge is -2.35. The number of rotatable bonds is 3. The number of nitrogens with one attached hydrogen (secondary N) is 1. The second-order valence-corrected chi connectivity index (χ2v) is 9.89. The van der Waals surface area contributed by atoms with Gasteiger partial charge in [-0.05, 0) is 33.6 Å². The summed E-state index contributed by atoms with van der Waals surface area (Å²) in [6, 6.07) is 0.190. The van der Waals surface area contributed by atoms with Gasteiger partial charge in [0.15, 0.2) is 5.65 Å². The third kappa shape index (κ3) is 3.10. The van der Waals surface area contributed by atoms with Crippen LogP contribution in [-0.4, -0.2) is 56.3 Å². The Balaban J connectivity index is 1.69. The summed E-state index contributed by atoms with van der Waals surface area (Å²) in [6.07, 6.45) is 4.88. The first-order valence-electron chi connectivity index (χ1n) is 8.09. The zero-order valence-corrected chi connectivity index (χ0v) is 15.3. The van der Waals surface area contributed by atoms with Gasteiger partial charge in [0.25, 0.3) is 0 Å². The normalized spacial score (nSPS) is 18.2. The number of hydrogen-bond acceptors (Lipinski definition) is 6. The van der Waals surface area contributed by atoms with Crippen LogP contribution in [0.3, 0.4) is 0 Å². The van der Waals surface area contributed by atoms with Gasteiger partial charge in [-0.15, -0.1) is 0 Å². The van der Waals surface area contributed by atoms with E-state index in [2.05, 4.69) is 20.4 Å². The molecule has 132 valence electrons. The van der Waals surface area contributed by atoms with Gasteiger partial charge in [0.1, 0.15) is 12.1 Å². The molecule has 0 aliphatic carbocycles. The molecule has 0 radical (unpaired) electrons. The van der Waals surface area contributed by atoms with Crippen LogP contribution in [0.25, 0.3) is 11.0 Å². The molecule has 1 saturated heterocycles. The van der Waals surface area contributed by atoms with Crippen LogP contribution in [0.4, 0.5) is 5.82 Å². The largest absolute Gasteiger partial charge is 0.367 e. The summed E-state index contributed by atoms with van der Waals surface area (Å²) in [5.41, 5.74) is 0.655. The molecule has 0 unspecified atom stereocenters. The fourth-order valence-electron chi connectivity index (χ4n) is 2.89. The third-order valence-corrected chi connectivity index (χ3v) is 6.93. The number of fused-ring (bicyclic) bond motifs is 1. The van der Waals surface area contributed by atoms with Crippen molar-refractivity contribution in [1.29, 1.82) is 0 Å². The second kappa shape index (κ2) is 5.96. The van der Waals surface area contributed by atoms with Crippen LogP contribution in [0, 0.1) is 0 Å². The molecular weight excluding hydrogens is 328 g/mol. The minimum absolute atomic E-state index is 0.190. The SMILES string of the molecule is Cn1cc2c(NC3CCN(S(=O)(=O)C(C)(C)C)CC3)ncnc2n1. The van der Waals surface area contributed by atoms with E-state index in [1.807, 2.05) is 13.2 Å². The number of anilines is 1. The molecule has 1 aliphatic heterocycles. The Bertz CT molecular complexity index is 831. The Hall–Kier alpha value is -1.74. The first kappa shape index (κ1) is 17.1. The lowest BCUT2D eigenvalue weighted by molar-refractivity contribution is 0.321. The Labute approximate surface area is 142 Å². The molecule has 8 nitrogen and oxygen atoms in total. The maximum absolute atomic E-state index is 12.5. The molecule has 0 saturated carbocycles. The van der Waals surface area contributed by atoms with Crippen LogP contribution in [0.2, 0.25) is 0 Å². The third-order valence-electron chi connectivity index (χ3n) is 4.34. The molecule has 0 aromatic carbocycles. The smallest absolute Gasteiger partial charge is 0.219 e. The highest BCUT2D eigenvalue weighted by atomic mass is 32.2. The summed E-state index contributed by atoms with van der Waals surface area (Å²) >= 11 is 0. The Morgan fingerprint density at radius 1 is 1.21 bits per heavy atom. The number of aryl methyl sites for hydroxylation is 1. The number of nitrogens with zero attached hydrogens (tertiary/aromatic N) is 5. The minimum Gasteiger partial charge on any atom is -0.367 e. The predicted octanol–water partition coefficient (Wildman–Crippen LogP) is 1.37. The highest BCUT2D eigenvalue weighted by molar-refractivity contribution is 7.90. The zero-order valence-electron chi connectivity index (χ0n) is 14.5. The van der Waals surface area contributed by atoms with Gasteiger partial charge in [-0.1, -0.05) is 0 Å². The van der Waals surface area contributed by atoms with Crippen molar-refractivity contribution in [3.63, 3.8) is 0 Å². The predicted molar refractivity (Wildman–Crippen MR) is 93.2 cm³/mol. The summed E-state index contributed by atoms with van der Waals surface area (Å²) < 4.78 is 27.6. The van der Waals surface area contributed by atoms with E-state index in [4.69, 9.17) is 0 Å². The molecule has 2 aromatic rings. The maximum Gasteiger partial charge on any atom is 0.219 e. The van der Waals surface area contributed by atoms with Gasteiger partial charge in [-0.3, -0.25) is 4.68 Å². The molecule has 9 heteroatoms. The molecule has 0 spiro atoms. The molecule has 0 bridgehead atoms. The fraction of sp³-hybridized carbons (Fsp3) is 0.667. The van der Waals surface area contributed by atoms with Gasteiger partial charge >= 0.3 is 0 Å². The first-order valence-corrected chi connectivity index (χ1v) is 9.53. The van der Waals surface area contributed by atoms with Gasteiger partial charge in [-0.2, -0.15) is 5.10 Å². The van der Waals surface area contributed by atoms with Crippen molar-refractivity contribution in [3.05, 3.63) is 12.5 Å². The van der Waals surface area contributed by atoms with Crippen LogP contribution >= 0.6 is 0 Å². The standard InChI is InChI=1S/C15H24N6O2S/c1-15(2,3)24(22,23)21-7-5-11(6-8-21)18-13-12-9-20(4)19-14(12)17-10-16-13/h9-11H,5-8H2,1-4H3,(H,16,17,18,19). The van der Waals surface area contributed by atoms with Crippen LogP contribution in [0.1, 0.15) is 33.6 Å². The maximum atomic E-state index is 12.5. The van der Waals surface area contributed by atoms with E-state index in [0.717, 1.165) is 24.0 Å². The van der Waals surface area contributed by atoms with Gasteiger partial charge in [0.05, 0.1) is 10.1 Å². The van der Waals surface area contributed by atoms with E-state index in [-0.39, 0.29) is 6.04 Å². The van der Waals surface area contributed by atoms with E-state index in [1.54, 1.807) is 29.8 Å². The molecule has 1 aliphatic rings. The van der Waals surface area contributed by atoms with Gasteiger partial charge in [-0.25, -0.2) is 22.7 Å². The first-order chi connectivity index (χ1) is 11.2. The lowest BCUT2D eigenvalue weighted by Crippen LogP contribution is -2.48. The number of hydrogen-bond donors (Lipinski definition) is 1. The molecule has 24 heavy (non-hydrogen) atoms. The van der Waals surface area contributed by atoms with E-state index in [1.165, 1.54) is 6.33 Å². The highest BCUT2D eigenvalue weighted by Gasteiger charge is 2.37. The second-order valence-electron chi connectivity index (χ2n) is 7.20. The Kier molecular flexibility index (Phi) is 4.25. The van der Waals surface area contributed by atoms with Crippen molar-refractivity contribution in [2.75, 3.05) is 18.4 Å². The van der Waals surface area contributed by atoms with E-state index >= 15 is 0 Å². The number of sulfonamides is 1. The summed E-state index contributed by atoms with van der Waals surface area (Å²) in [7, 11) is -1.41. The van der Waals surface area contributed by atoms with Crippen molar-refractivity contribution < 1.29 is 8.42 Å². The quantitative estimate of drug-likeness (QED) is 0.897. The van der Waals surface area contributed by atoms with Crippen LogP contribution in [0.15, 0.2) is 12.5 Å². The van der Waals surface area contributed by atoms with Crippen molar-refractivity contribution in [2.45, 2.75) is 44.4 Å². The van der Waals surface area contributed by atoms with Crippen LogP contribution in [0.5, 0.6) is 0 Å². The Morgan fingerprint density at radius 2 is 1.88 bits per heavy atom. The summed E-state index contributed by atoms with van der Waals surface area (Å²) in [6.45, 7) is 6.28. The van der Waals surface area contributed by atoms with E-state index < -0.39 is 14.8 Å². The minimum atomic E-state index is -3.26. The molecular formula is C15H24N6O2S. The molecule has 3 rings (SSSR count). The fourth-order valence-corrected chi connectivity index (χ4v) is 4.35. The monoisotopic (exact) mass is 352 g/mol. The molecule has 1 fully saturated rings. The Morgan fingerprint density at radius 3 is 2.50 bits per heavy atom. The topological polar surface area (TPSA) is 93.0 Å². The highest BCUT2D eigenvalue weighted by Crippen LogP contribution is 2.26. The van der Waals surface area contributed by atoms with Gasteiger partial charge in [0, 0.05) is 32.4 Å². The van der Waals surface area contributed by atoms with Gasteiger partial charge < -0.3 is 5.32 Å². The molecule has 0 amide bonds. The average molecular weight is 352 g/mol. The van der Waals surface area contributed by atoms with Crippen molar-refractivity contribution in [1.82, 2.24) is 24.1 Å². The van der Waals surface area contributed by atoms with Crippen molar-refractivity contribution in [2.24, 2.45) is 7.05 Å². The van der Waals surface area contributed by atoms with Crippen molar-refractivity contribution >= 4 is 26.9 Å². The lowest BCUT2D eigenvalue weighted by atomic mass is 10.1. The van der Waals surface area contributed by atoms with E-state index in [0.29, 0.717) is 18.7 Å². The molecule has 3 heterocycles. The molecule has 0 atom stereocenters. The number of aromatic nitrogens is 4. The van der Waals surface area contributed by atoms with Crippen LogP contribution in [-0.2, 0) is 17.1 Å². The zero-order chi connectivity index (χ0) is 17.5. The number of piperidine rings is 1. The van der Waals surface area contributed by atoms with Crippen LogP contribution < -0.4 is 5.32 Å². The average Bonchev–Trinajstić information content (AvgIpc) is 2.88. The van der Waals surface area contributed by atoms with E-state index in [9.17, 15) is 8.42 Å². The summed E-state index contributed by atoms with van der Waals surface area (Å²) in [5, 5.41) is 8.58. The van der Waals surface area contributed by atoms with Crippen molar-refractivity contribution in [3.8, 4) is 0 Å². The molecule has 1 N–H and O–H groups in total. The molecule has 2 aromatic heterocycles. The summed E-state index contributed by atoms with van der Waals surface area (Å²) in [5.74, 6) is 0.755.